The molecule has 10 heteroatoms. The first-order valence-electron chi connectivity index (χ1n) is 7.94. The molecule has 1 unspecified atom stereocenters. The molecule has 9 nitrogen and oxygen atoms in total. The van der Waals surface area contributed by atoms with Crippen molar-refractivity contribution in [1.29, 1.82) is 0 Å². The maximum atomic E-state index is 12.6. The molecule has 0 spiro atoms. The summed E-state index contributed by atoms with van der Waals surface area (Å²) in [4.78, 5) is 36.3. The van der Waals surface area contributed by atoms with Crippen molar-refractivity contribution in [2.75, 3.05) is 18.1 Å². The van der Waals surface area contributed by atoms with Gasteiger partial charge in [-0.25, -0.2) is 0 Å². The Labute approximate surface area is 154 Å². The van der Waals surface area contributed by atoms with Gasteiger partial charge in [0.05, 0.1) is 5.92 Å². The van der Waals surface area contributed by atoms with Crippen LogP contribution in [-0.4, -0.2) is 49.9 Å². The molecule has 0 aliphatic rings. The number of thioether (sulfide) groups is 1. The third-order valence-corrected chi connectivity index (χ3v) is 4.41. The van der Waals surface area contributed by atoms with E-state index in [1.54, 1.807) is 0 Å². The Bertz CT molecular complexity index is 764. The van der Waals surface area contributed by atoms with E-state index in [1.165, 1.54) is 14.0 Å². The van der Waals surface area contributed by atoms with Gasteiger partial charge in [0.1, 0.15) is 6.54 Å². The van der Waals surface area contributed by atoms with Gasteiger partial charge in [-0.2, -0.15) is 4.80 Å². The van der Waals surface area contributed by atoms with Crippen molar-refractivity contribution in [1.82, 2.24) is 25.5 Å². The number of benzene rings is 1. The van der Waals surface area contributed by atoms with Gasteiger partial charge in [0.15, 0.2) is 5.12 Å². The predicted octanol–water partition coefficient (Wildman–Crippen LogP) is 0.496. The molecule has 1 aromatic heterocycles. The van der Waals surface area contributed by atoms with E-state index in [9.17, 15) is 14.4 Å². The Kier molecular flexibility index (Phi) is 7.27. The lowest BCUT2D eigenvalue weighted by Gasteiger charge is -2.14. The van der Waals surface area contributed by atoms with Crippen LogP contribution in [0.15, 0.2) is 30.3 Å². The first-order chi connectivity index (χ1) is 12.5. The van der Waals surface area contributed by atoms with Gasteiger partial charge in [-0.15, -0.1) is 5.10 Å². The normalized spacial score (nSPS) is 11.6. The summed E-state index contributed by atoms with van der Waals surface area (Å²) in [6.07, 6.45) is 0.485. The number of likely N-dealkylation sites (N-methyl/N-ethyl adjacent to an activating group) is 1. The standard InChI is InChI=1S/C16H20N6O3S/c1-11(23)26-10-13(8-12-6-4-3-5-7-12)15(25)18-16-19-21-22(20-16)9-14(24)17-2/h3-7,13H,8-10H2,1-2H3,(H,17,24)(H,18,20,25). The number of nitrogens with one attached hydrogen (secondary N) is 2. The molecule has 0 fully saturated rings. The van der Waals surface area contributed by atoms with Crippen molar-refractivity contribution in [3.8, 4) is 0 Å². The highest BCUT2D eigenvalue weighted by Gasteiger charge is 2.22. The number of hydrogen-bond acceptors (Lipinski definition) is 7. The molecule has 2 aromatic rings. The smallest absolute Gasteiger partial charge is 0.270 e. The van der Waals surface area contributed by atoms with Crippen LogP contribution in [0.1, 0.15) is 12.5 Å². The van der Waals surface area contributed by atoms with Crippen LogP contribution < -0.4 is 10.6 Å². The SMILES string of the molecule is CNC(=O)Cn1nnc(NC(=O)C(CSC(C)=O)Cc2ccccc2)n1. The van der Waals surface area contributed by atoms with Crippen LogP contribution in [0.4, 0.5) is 5.95 Å². The molecule has 26 heavy (non-hydrogen) atoms. The molecule has 2 amide bonds. The Hall–Kier alpha value is -2.75. The number of anilines is 1. The number of nitrogens with zero attached hydrogens (tertiary/aromatic N) is 4. The number of hydrogen-bond donors (Lipinski definition) is 2. The van der Waals surface area contributed by atoms with Crippen molar-refractivity contribution in [3.05, 3.63) is 35.9 Å². The lowest BCUT2D eigenvalue weighted by atomic mass is 10.0. The topological polar surface area (TPSA) is 119 Å². The summed E-state index contributed by atoms with van der Waals surface area (Å²) in [5, 5.41) is 16.4. The van der Waals surface area contributed by atoms with Crippen molar-refractivity contribution in [2.45, 2.75) is 19.9 Å². The summed E-state index contributed by atoms with van der Waals surface area (Å²) in [6.45, 7) is 1.38. The van der Waals surface area contributed by atoms with Crippen LogP contribution in [0.3, 0.4) is 0 Å². The Morgan fingerprint density at radius 2 is 1.96 bits per heavy atom. The number of carbonyl (C=O) groups is 3. The van der Waals surface area contributed by atoms with E-state index in [0.29, 0.717) is 12.2 Å². The monoisotopic (exact) mass is 376 g/mol. The highest BCUT2D eigenvalue weighted by Crippen LogP contribution is 2.17. The molecule has 1 heterocycles. The van der Waals surface area contributed by atoms with Gasteiger partial charge in [0.2, 0.25) is 11.8 Å². The summed E-state index contributed by atoms with van der Waals surface area (Å²) < 4.78 is 0. The summed E-state index contributed by atoms with van der Waals surface area (Å²) in [5.74, 6) is -0.647. The van der Waals surface area contributed by atoms with Gasteiger partial charge in [-0.1, -0.05) is 47.2 Å². The molecule has 0 saturated carbocycles. The van der Waals surface area contributed by atoms with E-state index in [4.69, 9.17) is 0 Å². The zero-order chi connectivity index (χ0) is 18.9. The van der Waals surface area contributed by atoms with E-state index < -0.39 is 5.92 Å². The summed E-state index contributed by atoms with van der Waals surface area (Å²) in [7, 11) is 1.50. The Morgan fingerprint density at radius 3 is 2.62 bits per heavy atom. The second-order valence-corrected chi connectivity index (χ2v) is 6.69. The molecule has 2 N–H and O–H groups in total. The minimum absolute atomic E-state index is 0.0183. The van der Waals surface area contributed by atoms with E-state index in [0.717, 1.165) is 22.1 Å². The van der Waals surface area contributed by atoms with Gasteiger partial charge in [-0.05, 0) is 17.2 Å². The quantitative estimate of drug-likeness (QED) is 0.688. The van der Waals surface area contributed by atoms with Gasteiger partial charge in [0.25, 0.3) is 5.95 Å². The second kappa shape index (κ2) is 9.66. The molecule has 1 aromatic carbocycles. The fourth-order valence-electron chi connectivity index (χ4n) is 2.12. The van der Waals surface area contributed by atoms with E-state index >= 15 is 0 Å². The number of aromatic nitrogens is 4. The van der Waals surface area contributed by atoms with Crippen molar-refractivity contribution in [2.24, 2.45) is 5.92 Å². The third kappa shape index (κ3) is 6.28. The minimum Gasteiger partial charge on any atom is -0.358 e. The molecular weight excluding hydrogens is 356 g/mol. The zero-order valence-corrected chi connectivity index (χ0v) is 15.3. The average Bonchev–Trinajstić information content (AvgIpc) is 3.05. The van der Waals surface area contributed by atoms with Crippen LogP contribution in [0.25, 0.3) is 0 Å². The van der Waals surface area contributed by atoms with Crippen molar-refractivity contribution >= 4 is 34.6 Å². The van der Waals surface area contributed by atoms with E-state index in [1.807, 2.05) is 30.3 Å². The largest absolute Gasteiger partial charge is 0.358 e. The van der Waals surface area contributed by atoms with Crippen LogP contribution in [-0.2, 0) is 27.3 Å². The number of tetrazole rings is 1. The van der Waals surface area contributed by atoms with Crippen LogP contribution in [0, 0.1) is 5.92 Å². The molecule has 0 saturated heterocycles. The summed E-state index contributed by atoms with van der Waals surface area (Å²) >= 11 is 1.10. The molecule has 0 bridgehead atoms. The Morgan fingerprint density at radius 1 is 1.23 bits per heavy atom. The fourth-order valence-corrected chi connectivity index (χ4v) is 2.83. The Balaban J connectivity index is 2.03. The second-order valence-electron chi connectivity index (χ2n) is 5.50. The molecule has 0 radical (unpaired) electrons. The number of amides is 2. The lowest BCUT2D eigenvalue weighted by molar-refractivity contribution is -0.121. The lowest BCUT2D eigenvalue weighted by Crippen LogP contribution is -2.28. The maximum absolute atomic E-state index is 12.6. The molecule has 138 valence electrons. The van der Waals surface area contributed by atoms with Gasteiger partial charge in [-0.3, -0.25) is 19.7 Å². The fraction of sp³-hybridized carbons (Fsp3) is 0.375. The molecule has 2 rings (SSSR count). The van der Waals surface area contributed by atoms with Crippen LogP contribution in [0.5, 0.6) is 0 Å². The van der Waals surface area contributed by atoms with Gasteiger partial charge in [0, 0.05) is 19.7 Å². The van der Waals surface area contributed by atoms with Crippen molar-refractivity contribution in [3.63, 3.8) is 0 Å². The van der Waals surface area contributed by atoms with E-state index in [2.05, 4.69) is 26.0 Å². The summed E-state index contributed by atoms with van der Waals surface area (Å²) in [5.41, 5.74) is 0.994. The van der Waals surface area contributed by atoms with Gasteiger partial charge < -0.3 is 5.32 Å². The maximum Gasteiger partial charge on any atom is 0.270 e. The van der Waals surface area contributed by atoms with Crippen LogP contribution in [0.2, 0.25) is 0 Å². The molecular formula is C16H20N6O3S. The van der Waals surface area contributed by atoms with Crippen molar-refractivity contribution < 1.29 is 14.4 Å². The third-order valence-electron chi connectivity index (χ3n) is 3.44. The zero-order valence-electron chi connectivity index (χ0n) is 14.5. The first-order valence-corrected chi connectivity index (χ1v) is 8.93. The molecule has 1 atom stereocenters. The average molecular weight is 376 g/mol. The predicted molar refractivity (Wildman–Crippen MR) is 97.3 cm³/mol. The highest BCUT2D eigenvalue weighted by atomic mass is 32.2. The van der Waals surface area contributed by atoms with E-state index in [-0.39, 0.29) is 29.4 Å². The van der Waals surface area contributed by atoms with Crippen LogP contribution >= 0.6 is 11.8 Å². The highest BCUT2D eigenvalue weighted by molar-refractivity contribution is 8.13. The number of rotatable bonds is 8. The molecule has 0 aliphatic heterocycles. The minimum atomic E-state index is -0.433. The van der Waals surface area contributed by atoms with Gasteiger partial charge >= 0.3 is 0 Å². The summed E-state index contributed by atoms with van der Waals surface area (Å²) in [6, 6.07) is 9.55. The molecule has 0 aliphatic carbocycles. The number of carbonyl (C=O) groups excluding carboxylic acids is 3. The first kappa shape index (κ1) is 19.6.